The van der Waals surface area contributed by atoms with E-state index in [0.29, 0.717) is 32.7 Å². The summed E-state index contributed by atoms with van der Waals surface area (Å²) in [6.45, 7) is 9.89. The maximum atomic E-state index is 14.0. The molecule has 5 saturated heterocycles. The lowest BCUT2D eigenvalue weighted by Crippen LogP contribution is -2.57. The van der Waals surface area contributed by atoms with Gasteiger partial charge < -0.3 is 40.1 Å². The topological polar surface area (TPSA) is 144 Å². The van der Waals surface area contributed by atoms with E-state index in [1.54, 1.807) is 4.90 Å². The Bertz CT molecular complexity index is 938. The fraction of sp³-hybridized carbons (Fsp3) is 0.893. The van der Waals surface area contributed by atoms with Gasteiger partial charge in [0.25, 0.3) is 0 Å². The van der Waals surface area contributed by atoms with E-state index in [1.807, 2.05) is 25.7 Å². The first-order valence-electron chi connectivity index (χ1n) is 14.9. The number of amides is 3. The number of fused-ring (bicyclic) bond motifs is 6. The summed E-state index contributed by atoms with van der Waals surface area (Å²) in [5.41, 5.74) is -0.256. The number of hydrogen-bond donors (Lipinski definition) is 4. The quantitative estimate of drug-likeness (QED) is 0.321. The lowest BCUT2D eigenvalue weighted by Gasteiger charge is -2.40. The van der Waals surface area contributed by atoms with Gasteiger partial charge >= 0.3 is 0 Å². The number of morpholine rings is 1. The minimum Gasteiger partial charge on any atom is -0.388 e. The normalized spacial score (nSPS) is 37.1. The largest absolute Gasteiger partial charge is 0.388 e. The van der Waals surface area contributed by atoms with Crippen molar-refractivity contribution in [1.29, 1.82) is 0 Å². The van der Waals surface area contributed by atoms with E-state index < -0.39 is 24.4 Å². The van der Waals surface area contributed by atoms with Crippen molar-refractivity contribution in [3.05, 3.63) is 0 Å². The second-order valence-corrected chi connectivity index (χ2v) is 13.4. The zero-order chi connectivity index (χ0) is 28.6. The summed E-state index contributed by atoms with van der Waals surface area (Å²) in [5, 5.41) is 28.0. The number of aliphatic hydroxyl groups excluding tert-OH is 2. The van der Waals surface area contributed by atoms with Gasteiger partial charge in [0.2, 0.25) is 17.7 Å². The number of rotatable bonds is 2. The summed E-state index contributed by atoms with van der Waals surface area (Å²) in [7, 11) is 0. The zero-order valence-electron chi connectivity index (χ0n) is 24.1. The van der Waals surface area contributed by atoms with Gasteiger partial charge in [-0.2, -0.15) is 0 Å². The summed E-state index contributed by atoms with van der Waals surface area (Å²) in [6, 6.07) is -0.263. The van der Waals surface area contributed by atoms with E-state index in [1.165, 1.54) is 0 Å². The van der Waals surface area contributed by atoms with Gasteiger partial charge in [0, 0.05) is 51.2 Å². The summed E-state index contributed by atoms with van der Waals surface area (Å²) >= 11 is 0. The van der Waals surface area contributed by atoms with Crippen LogP contribution in [0.25, 0.3) is 0 Å². The third-order valence-electron chi connectivity index (χ3n) is 8.92. The standard InChI is InChI=1S/C28H47N5O7/c1-28(2,3)12-24(35)32-15-19-14-31(8-9-39-19)27(38)20-10-17(13-33(20)18-4-6-29-7-5-18)30-23(34)11-21-25(36)26(37)22(16-32)40-21/h17-22,25-26,29,36-37H,4-16H2,1-3H3,(H,30,34)/t17-,19-,20-,21-,22+,25-,26+/m0/s1. The number of piperidine rings is 1. The zero-order valence-corrected chi connectivity index (χ0v) is 24.1. The predicted molar refractivity (Wildman–Crippen MR) is 145 cm³/mol. The van der Waals surface area contributed by atoms with E-state index in [2.05, 4.69) is 15.5 Å². The van der Waals surface area contributed by atoms with Crippen LogP contribution in [0.2, 0.25) is 0 Å². The van der Waals surface area contributed by atoms with Gasteiger partial charge in [-0.15, -0.1) is 0 Å². The Labute approximate surface area is 236 Å². The number of nitrogens with one attached hydrogen (secondary N) is 2. The molecule has 6 bridgehead atoms. The lowest BCUT2D eigenvalue weighted by molar-refractivity contribution is -0.148. The molecule has 0 aromatic heterocycles. The first kappa shape index (κ1) is 29.7. The Balaban J connectivity index is 1.41. The number of nitrogens with zero attached hydrogens (tertiary/aromatic N) is 3. The van der Waals surface area contributed by atoms with E-state index in [4.69, 9.17) is 9.47 Å². The van der Waals surface area contributed by atoms with Crippen LogP contribution in [0.15, 0.2) is 0 Å². The highest BCUT2D eigenvalue weighted by atomic mass is 16.5. The Kier molecular flexibility index (Phi) is 9.03. The number of carbonyl (C=O) groups is 3. The highest BCUT2D eigenvalue weighted by Crippen LogP contribution is 2.30. The van der Waals surface area contributed by atoms with Crippen LogP contribution in [0, 0.1) is 5.41 Å². The van der Waals surface area contributed by atoms with Crippen molar-refractivity contribution < 1.29 is 34.1 Å². The average Bonchev–Trinajstić information content (AvgIpc) is 3.43. The van der Waals surface area contributed by atoms with Crippen LogP contribution in [0.1, 0.15) is 52.9 Å². The number of aliphatic hydroxyl groups is 2. The van der Waals surface area contributed by atoms with E-state index in [-0.39, 0.29) is 73.3 Å². The molecule has 5 aliphatic rings. The Morgan fingerprint density at radius 3 is 2.48 bits per heavy atom. The molecule has 3 amide bonds. The van der Waals surface area contributed by atoms with Crippen LogP contribution >= 0.6 is 0 Å². The first-order chi connectivity index (χ1) is 19.0. The van der Waals surface area contributed by atoms with Crippen LogP contribution in [0.3, 0.4) is 0 Å². The molecule has 0 aromatic carbocycles. The van der Waals surface area contributed by atoms with Crippen molar-refractivity contribution in [2.45, 2.75) is 102 Å². The van der Waals surface area contributed by atoms with Crippen molar-refractivity contribution in [3.63, 3.8) is 0 Å². The van der Waals surface area contributed by atoms with Crippen LogP contribution in [-0.2, 0) is 23.9 Å². The molecule has 5 aliphatic heterocycles. The van der Waals surface area contributed by atoms with Crippen LogP contribution in [-0.4, -0.2) is 144 Å². The van der Waals surface area contributed by atoms with Gasteiger partial charge in [-0.3, -0.25) is 19.3 Å². The highest BCUT2D eigenvalue weighted by molar-refractivity contribution is 5.83. The van der Waals surface area contributed by atoms with Gasteiger partial charge in [0.05, 0.1) is 31.3 Å². The first-order valence-corrected chi connectivity index (χ1v) is 14.9. The summed E-state index contributed by atoms with van der Waals surface area (Å²) < 4.78 is 12.1. The van der Waals surface area contributed by atoms with Crippen LogP contribution in [0.4, 0.5) is 0 Å². The number of likely N-dealkylation sites (tertiary alicyclic amines) is 1. The maximum Gasteiger partial charge on any atom is 0.240 e. The average molecular weight is 566 g/mol. The fourth-order valence-corrected chi connectivity index (χ4v) is 6.91. The molecule has 7 atom stereocenters. The molecule has 0 aliphatic carbocycles. The molecule has 0 aromatic rings. The second-order valence-electron chi connectivity index (χ2n) is 13.4. The fourth-order valence-electron chi connectivity index (χ4n) is 6.91. The van der Waals surface area contributed by atoms with Crippen LogP contribution in [0.5, 0.6) is 0 Å². The van der Waals surface area contributed by atoms with E-state index in [9.17, 15) is 24.6 Å². The van der Waals surface area contributed by atoms with E-state index >= 15 is 0 Å². The molecule has 5 rings (SSSR count). The summed E-state index contributed by atoms with van der Waals surface area (Å²) in [6.07, 6.45) is -1.97. The van der Waals surface area contributed by atoms with Crippen molar-refractivity contribution in [2.75, 3.05) is 52.4 Å². The summed E-state index contributed by atoms with van der Waals surface area (Å²) in [4.78, 5) is 46.3. The number of hydrogen-bond acceptors (Lipinski definition) is 9. The summed E-state index contributed by atoms with van der Waals surface area (Å²) in [5.74, 6) is -0.334. The third kappa shape index (κ3) is 6.79. The van der Waals surface area contributed by atoms with Gasteiger partial charge in [0.1, 0.15) is 18.3 Å². The van der Waals surface area contributed by atoms with Crippen LogP contribution < -0.4 is 10.6 Å². The molecule has 12 nitrogen and oxygen atoms in total. The molecule has 0 radical (unpaired) electrons. The van der Waals surface area contributed by atoms with Crippen molar-refractivity contribution in [1.82, 2.24) is 25.3 Å². The minimum atomic E-state index is -1.24. The second kappa shape index (κ2) is 12.2. The van der Waals surface area contributed by atoms with Gasteiger partial charge in [-0.05, 0) is 37.8 Å². The Hall–Kier alpha value is -1.83. The molecule has 0 saturated carbocycles. The molecule has 5 fully saturated rings. The molecular formula is C28H47N5O7. The Morgan fingerprint density at radius 1 is 1.02 bits per heavy atom. The SMILES string of the molecule is CC(C)(C)CC(=O)N1C[C@@H]2CN(CCO2)C(=O)[C@@H]2C[C@@H](CN2C2CCNCC2)NC(=O)C[C@@H]2O[C@H](C1)[C@@H](O)[C@H]2O. The highest BCUT2D eigenvalue weighted by Gasteiger charge is 2.47. The van der Waals surface area contributed by atoms with Crippen molar-refractivity contribution >= 4 is 17.7 Å². The molecule has 226 valence electrons. The minimum absolute atomic E-state index is 0.0532. The van der Waals surface area contributed by atoms with Gasteiger partial charge in [-0.1, -0.05) is 20.8 Å². The number of ether oxygens (including phenoxy) is 2. The predicted octanol–water partition coefficient (Wildman–Crippen LogP) is -1.32. The third-order valence-corrected chi connectivity index (χ3v) is 8.92. The molecule has 4 N–H and O–H groups in total. The molecule has 40 heavy (non-hydrogen) atoms. The molecule has 0 unspecified atom stereocenters. The van der Waals surface area contributed by atoms with Gasteiger partial charge in [-0.25, -0.2) is 0 Å². The van der Waals surface area contributed by atoms with E-state index in [0.717, 1.165) is 25.9 Å². The Morgan fingerprint density at radius 2 is 1.75 bits per heavy atom. The van der Waals surface area contributed by atoms with Crippen molar-refractivity contribution in [2.24, 2.45) is 5.41 Å². The molecule has 5 heterocycles. The molecular weight excluding hydrogens is 518 g/mol. The maximum absolute atomic E-state index is 14.0. The van der Waals surface area contributed by atoms with Gasteiger partial charge in [0.15, 0.2) is 0 Å². The van der Waals surface area contributed by atoms with Crippen molar-refractivity contribution in [3.8, 4) is 0 Å². The molecule has 0 spiro atoms. The molecule has 12 heteroatoms. The lowest BCUT2D eigenvalue weighted by atomic mass is 9.91. The monoisotopic (exact) mass is 565 g/mol. The smallest absolute Gasteiger partial charge is 0.240 e. The number of carbonyl (C=O) groups excluding carboxylic acids is 3.